The van der Waals surface area contributed by atoms with Crippen molar-refractivity contribution in [2.24, 2.45) is 5.92 Å². The summed E-state index contributed by atoms with van der Waals surface area (Å²) in [5, 5.41) is 3.48. The summed E-state index contributed by atoms with van der Waals surface area (Å²) in [6.45, 7) is 0.736. The van der Waals surface area contributed by atoms with E-state index in [-0.39, 0.29) is 43.3 Å². The normalized spacial score (nSPS) is 17.8. The number of amides is 2. The molecular weight excluding hydrogens is 565 g/mol. The fourth-order valence-electron chi connectivity index (χ4n) is 4.47. The maximum Gasteiger partial charge on any atom is 0.435 e. The van der Waals surface area contributed by atoms with Crippen LogP contribution in [-0.2, 0) is 28.9 Å². The molecule has 0 unspecified atom stereocenters. The molecule has 7 nitrogen and oxygen atoms in total. The van der Waals surface area contributed by atoms with Crippen molar-refractivity contribution >= 4 is 27.7 Å². The average Bonchev–Trinajstić information content (AvgIpc) is 3.35. The van der Waals surface area contributed by atoms with Crippen LogP contribution in [0.5, 0.6) is 5.75 Å². The summed E-state index contributed by atoms with van der Waals surface area (Å²) >= 11 is 3.43. The summed E-state index contributed by atoms with van der Waals surface area (Å²) in [6, 6.07) is 17.9. The molecule has 0 aliphatic carbocycles. The third-order valence-electron chi connectivity index (χ3n) is 6.45. The predicted octanol–water partition coefficient (Wildman–Crippen LogP) is 5.01. The minimum Gasteiger partial charge on any atom is -0.490 e. The largest absolute Gasteiger partial charge is 0.490 e. The highest BCUT2D eigenvalue weighted by atomic mass is 79.9. The smallest absolute Gasteiger partial charge is 0.435 e. The SMILES string of the molecule is CN(Cc1ccccc1)C(=O)C[C@H]1CN(C(=O)Cn2ccc(C(F)(F)F)n2)CC[C@@H]1Oc1cccc(Br)c1. The second-order valence-corrected chi connectivity index (χ2v) is 10.3. The average molecular weight is 593 g/mol. The monoisotopic (exact) mass is 592 g/mol. The topological polar surface area (TPSA) is 67.7 Å². The minimum atomic E-state index is -4.58. The number of nitrogens with zero attached hydrogens (tertiary/aromatic N) is 4. The third-order valence-corrected chi connectivity index (χ3v) is 6.95. The molecule has 1 aliphatic rings. The van der Waals surface area contributed by atoms with Gasteiger partial charge in [0.2, 0.25) is 11.8 Å². The molecule has 0 bridgehead atoms. The molecule has 0 spiro atoms. The quantitative estimate of drug-likeness (QED) is 0.369. The molecule has 0 N–H and O–H groups in total. The lowest BCUT2D eigenvalue weighted by Crippen LogP contribution is -2.50. The molecule has 202 valence electrons. The number of halogens is 4. The van der Waals surface area contributed by atoms with Crippen molar-refractivity contribution in [3.63, 3.8) is 0 Å². The van der Waals surface area contributed by atoms with Crippen LogP contribution >= 0.6 is 15.9 Å². The Morgan fingerprint density at radius 2 is 1.89 bits per heavy atom. The van der Waals surface area contributed by atoms with Gasteiger partial charge in [-0.25, -0.2) is 0 Å². The van der Waals surface area contributed by atoms with E-state index >= 15 is 0 Å². The number of aromatic nitrogens is 2. The van der Waals surface area contributed by atoms with Crippen LogP contribution in [0.2, 0.25) is 0 Å². The van der Waals surface area contributed by atoms with E-state index in [9.17, 15) is 22.8 Å². The van der Waals surface area contributed by atoms with Gasteiger partial charge < -0.3 is 14.5 Å². The molecule has 2 aromatic carbocycles. The summed E-state index contributed by atoms with van der Waals surface area (Å²) in [4.78, 5) is 29.4. The Bertz CT molecular complexity index is 1250. The van der Waals surface area contributed by atoms with E-state index in [0.717, 1.165) is 27.0 Å². The molecule has 3 aromatic rings. The van der Waals surface area contributed by atoms with Gasteiger partial charge in [0.15, 0.2) is 5.69 Å². The zero-order valence-electron chi connectivity index (χ0n) is 20.8. The number of alkyl halides is 3. The predicted molar refractivity (Wildman–Crippen MR) is 138 cm³/mol. The summed E-state index contributed by atoms with van der Waals surface area (Å²) in [5.74, 6) is -0.105. The second kappa shape index (κ2) is 12.0. The van der Waals surface area contributed by atoms with Gasteiger partial charge >= 0.3 is 6.18 Å². The van der Waals surface area contributed by atoms with Gasteiger partial charge in [-0.15, -0.1) is 0 Å². The summed E-state index contributed by atoms with van der Waals surface area (Å²) in [5.41, 5.74) is -0.0421. The maximum atomic E-state index is 13.2. The lowest BCUT2D eigenvalue weighted by Gasteiger charge is -2.39. The van der Waals surface area contributed by atoms with E-state index < -0.39 is 11.9 Å². The van der Waals surface area contributed by atoms with Crippen molar-refractivity contribution in [3.05, 3.63) is 82.6 Å². The molecule has 1 aromatic heterocycles. The molecule has 2 heterocycles. The van der Waals surface area contributed by atoms with Crippen LogP contribution in [0.1, 0.15) is 24.1 Å². The molecule has 0 radical (unpaired) electrons. The maximum absolute atomic E-state index is 13.2. The number of carbonyl (C=O) groups excluding carboxylic acids is 2. The molecule has 1 fully saturated rings. The number of hydrogen-bond donors (Lipinski definition) is 0. The summed E-state index contributed by atoms with van der Waals surface area (Å²) in [6.07, 6.45) is -3.11. The lowest BCUT2D eigenvalue weighted by molar-refractivity contribution is -0.142. The van der Waals surface area contributed by atoms with Gasteiger partial charge in [-0.2, -0.15) is 18.3 Å². The van der Waals surface area contributed by atoms with Gasteiger partial charge in [0.1, 0.15) is 18.4 Å². The van der Waals surface area contributed by atoms with Gasteiger partial charge in [-0.3, -0.25) is 14.3 Å². The Labute approximate surface area is 227 Å². The van der Waals surface area contributed by atoms with Gasteiger partial charge in [0.05, 0.1) is 0 Å². The number of piperidine rings is 1. The number of benzene rings is 2. The zero-order chi connectivity index (χ0) is 27.3. The van der Waals surface area contributed by atoms with Crippen LogP contribution in [0.15, 0.2) is 71.3 Å². The van der Waals surface area contributed by atoms with E-state index in [1.54, 1.807) is 16.8 Å². The fourth-order valence-corrected chi connectivity index (χ4v) is 4.85. The highest BCUT2D eigenvalue weighted by Gasteiger charge is 2.36. The number of rotatable bonds is 8. The summed E-state index contributed by atoms with van der Waals surface area (Å²) < 4.78 is 46.8. The summed E-state index contributed by atoms with van der Waals surface area (Å²) in [7, 11) is 1.74. The van der Waals surface area contributed by atoms with E-state index in [1.807, 2.05) is 54.6 Å². The van der Waals surface area contributed by atoms with Crippen LogP contribution in [0.25, 0.3) is 0 Å². The standard InChI is InChI=1S/C27H28BrF3N4O3/c1-33(16-19-6-3-2-4-7-19)25(36)14-20-17-34(12-10-23(20)38-22-9-5-8-21(28)15-22)26(37)18-35-13-11-24(32-35)27(29,30)31/h2-9,11,13,15,20,23H,10,12,14,16-18H2,1H3/t20-,23-/m0/s1. The van der Waals surface area contributed by atoms with Crippen molar-refractivity contribution in [1.82, 2.24) is 19.6 Å². The van der Waals surface area contributed by atoms with Crippen LogP contribution in [0.3, 0.4) is 0 Å². The Morgan fingerprint density at radius 3 is 2.58 bits per heavy atom. The van der Waals surface area contributed by atoms with Crippen LogP contribution < -0.4 is 4.74 Å². The van der Waals surface area contributed by atoms with Crippen LogP contribution in [-0.4, -0.2) is 57.6 Å². The lowest BCUT2D eigenvalue weighted by atomic mass is 9.90. The first-order valence-electron chi connectivity index (χ1n) is 12.2. The van der Waals surface area contributed by atoms with Gasteiger partial charge in [-0.1, -0.05) is 52.3 Å². The molecule has 0 saturated carbocycles. The Balaban J connectivity index is 1.45. The first kappa shape index (κ1) is 27.7. The highest BCUT2D eigenvalue weighted by molar-refractivity contribution is 9.10. The first-order chi connectivity index (χ1) is 18.1. The number of hydrogen-bond acceptors (Lipinski definition) is 4. The van der Waals surface area contributed by atoms with Crippen molar-refractivity contribution in [2.45, 2.75) is 38.2 Å². The molecule has 38 heavy (non-hydrogen) atoms. The zero-order valence-corrected chi connectivity index (χ0v) is 22.4. The molecule has 1 saturated heterocycles. The first-order valence-corrected chi connectivity index (χ1v) is 13.0. The van der Waals surface area contributed by atoms with Gasteiger partial charge in [0, 0.05) is 56.1 Å². The number of likely N-dealkylation sites (tertiary alicyclic amines) is 1. The van der Waals surface area contributed by atoms with Crippen molar-refractivity contribution in [1.29, 1.82) is 0 Å². The number of carbonyl (C=O) groups is 2. The molecule has 4 rings (SSSR count). The van der Waals surface area contributed by atoms with Gasteiger partial charge in [-0.05, 0) is 29.8 Å². The van der Waals surface area contributed by atoms with Crippen molar-refractivity contribution in [3.8, 4) is 5.75 Å². The molecular formula is C27H28BrF3N4O3. The Kier molecular flexibility index (Phi) is 8.76. The van der Waals surface area contributed by atoms with E-state index in [4.69, 9.17) is 4.74 Å². The molecule has 1 aliphatic heterocycles. The van der Waals surface area contributed by atoms with Crippen LogP contribution in [0.4, 0.5) is 13.2 Å². The second-order valence-electron chi connectivity index (χ2n) is 9.34. The van der Waals surface area contributed by atoms with E-state index in [2.05, 4.69) is 21.0 Å². The van der Waals surface area contributed by atoms with E-state index in [0.29, 0.717) is 25.3 Å². The van der Waals surface area contributed by atoms with Crippen LogP contribution in [0, 0.1) is 5.92 Å². The van der Waals surface area contributed by atoms with Crippen molar-refractivity contribution in [2.75, 3.05) is 20.1 Å². The Hall–Kier alpha value is -3.34. The third kappa shape index (κ3) is 7.37. The van der Waals surface area contributed by atoms with E-state index in [1.165, 1.54) is 0 Å². The molecule has 11 heteroatoms. The minimum absolute atomic E-state index is 0.0853. The molecule has 2 amide bonds. The Morgan fingerprint density at radius 1 is 1.13 bits per heavy atom. The fraction of sp³-hybridized carbons (Fsp3) is 0.370. The molecule has 2 atom stereocenters. The number of ether oxygens (including phenoxy) is 1. The highest BCUT2D eigenvalue weighted by Crippen LogP contribution is 2.29. The van der Waals surface area contributed by atoms with Crippen molar-refractivity contribution < 1.29 is 27.5 Å². The van der Waals surface area contributed by atoms with Gasteiger partial charge in [0.25, 0.3) is 0 Å².